The average molecular weight is 259 g/mol. The Morgan fingerprint density at radius 3 is 2.53 bits per heavy atom. The van der Waals surface area contributed by atoms with Gasteiger partial charge in [0.1, 0.15) is 5.60 Å². The van der Waals surface area contributed by atoms with Gasteiger partial charge in [-0.25, -0.2) is 9.78 Å². The third-order valence-corrected chi connectivity index (χ3v) is 2.51. The van der Waals surface area contributed by atoms with Crippen LogP contribution in [0.25, 0.3) is 10.9 Å². The molecule has 0 amide bonds. The summed E-state index contributed by atoms with van der Waals surface area (Å²) in [5.41, 5.74) is 0.811. The first-order chi connectivity index (χ1) is 8.89. The van der Waals surface area contributed by atoms with Crippen LogP contribution in [0.3, 0.4) is 0 Å². The summed E-state index contributed by atoms with van der Waals surface area (Å²) in [7, 11) is 1.57. The van der Waals surface area contributed by atoms with Crippen molar-refractivity contribution in [2.24, 2.45) is 0 Å². The Balaban J connectivity index is 2.34. The van der Waals surface area contributed by atoms with Crippen LogP contribution in [0.2, 0.25) is 0 Å². The van der Waals surface area contributed by atoms with Gasteiger partial charge in [0.15, 0.2) is 0 Å². The molecule has 4 nitrogen and oxygen atoms in total. The predicted octanol–water partition coefficient (Wildman–Crippen LogP) is 3.20. The Morgan fingerprint density at radius 2 is 1.89 bits per heavy atom. The number of aromatic nitrogens is 1. The number of benzene rings is 1. The summed E-state index contributed by atoms with van der Waals surface area (Å²) in [6, 6.07) is 8.91. The fourth-order valence-corrected chi connectivity index (χ4v) is 1.68. The Hall–Kier alpha value is -2.10. The normalized spacial score (nSPS) is 11.4. The second-order valence-electron chi connectivity index (χ2n) is 5.26. The first-order valence-electron chi connectivity index (χ1n) is 6.07. The standard InChI is InChI=1S/C15H17NO3/c1-15(2,3)19-14(17)11-5-7-12-10(9-11)6-8-13(16-12)18-4/h5-9H,1-4H3. The number of hydrogen-bond donors (Lipinski definition) is 0. The number of fused-ring (bicyclic) bond motifs is 1. The second-order valence-corrected chi connectivity index (χ2v) is 5.26. The summed E-state index contributed by atoms with van der Waals surface area (Å²) in [4.78, 5) is 16.3. The van der Waals surface area contributed by atoms with Crippen molar-refractivity contribution in [2.75, 3.05) is 7.11 Å². The molecule has 0 unspecified atom stereocenters. The molecular weight excluding hydrogens is 242 g/mol. The summed E-state index contributed by atoms with van der Waals surface area (Å²) in [6.45, 7) is 5.54. The minimum absolute atomic E-state index is 0.329. The van der Waals surface area contributed by atoms with E-state index in [-0.39, 0.29) is 5.97 Å². The maximum atomic E-state index is 12.0. The van der Waals surface area contributed by atoms with Crippen LogP contribution in [0, 0.1) is 0 Å². The molecule has 0 N–H and O–H groups in total. The maximum absolute atomic E-state index is 12.0. The lowest BCUT2D eigenvalue weighted by Gasteiger charge is -2.19. The zero-order valence-corrected chi connectivity index (χ0v) is 11.6. The molecule has 0 spiro atoms. The highest BCUT2D eigenvalue weighted by Gasteiger charge is 2.18. The van der Waals surface area contributed by atoms with Gasteiger partial charge in [-0.15, -0.1) is 0 Å². The van der Waals surface area contributed by atoms with Gasteiger partial charge in [-0.3, -0.25) is 0 Å². The van der Waals surface area contributed by atoms with E-state index in [0.717, 1.165) is 10.9 Å². The molecule has 1 aromatic heterocycles. The molecule has 1 heterocycles. The molecule has 0 aliphatic heterocycles. The molecule has 4 heteroatoms. The number of carbonyl (C=O) groups excluding carboxylic acids is 1. The Labute approximate surface area is 112 Å². The van der Waals surface area contributed by atoms with Gasteiger partial charge in [0.2, 0.25) is 5.88 Å². The number of rotatable bonds is 2. The minimum atomic E-state index is -0.496. The maximum Gasteiger partial charge on any atom is 0.338 e. The monoisotopic (exact) mass is 259 g/mol. The number of methoxy groups -OCH3 is 1. The topological polar surface area (TPSA) is 48.4 Å². The Morgan fingerprint density at radius 1 is 1.16 bits per heavy atom. The SMILES string of the molecule is COc1ccc2cc(C(=O)OC(C)(C)C)ccc2n1. The average Bonchev–Trinajstić information content (AvgIpc) is 2.35. The fraction of sp³-hybridized carbons (Fsp3) is 0.333. The van der Waals surface area contributed by atoms with Gasteiger partial charge in [-0.05, 0) is 45.0 Å². The van der Waals surface area contributed by atoms with Crippen LogP contribution in [0.1, 0.15) is 31.1 Å². The first-order valence-corrected chi connectivity index (χ1v) is 6.07. The smallest absolute Gasteiger partial charge is 0.338 e. The molecule has 2 rings (SSSR count). The van der Waals surface area contributed by atoms with Crippen molar-refractivity contribution in [3.05, 3.63) is 35.9 Å². The lowest BCUT2D eigenvalue weighted by molar-refractivity contribution is 0.00697. The molecule has 2 aromatic rings. The highest BCUT2D eigenvalue weighted by Crippen LogP contribution is 2.19. The summed E-state index contributed by atoms with van der Waals surface area (Å²) >= 11 is 0. The van der Waals surface area contributed by atoms with Crippen LogP contribution in [0.15, 0.2) is 30.3 Å². The summed E-state index contributed by atoms with van der Waals surface area (Å²) in [5, 5.41) is 0.879. The van der Waals surface area contributed by atoms with E-state index in [9.17, 15) is 4.79 Å². The molecule has 0 saturated carbocycles. The van der Waals surface area contributed by atoms with E-state index in [1.54, 1.807) is 31.4 Å². The molecule has 0 saturated heterocycles. The molecule has 0 aliphatic carbocycles. The zero-order chi connectivity index (χ0) is 14.0. The van der Waals surface area contributed by atoms with Crippen LogP contribution in [0.4, 0.5) is 0 Å². The number of nitrogens with zero attached hydrogens (tertiary/aromatic N) is 1. The second kappa shape index (κ2) is 4.88. The van der Waals surface area contributed by atoms with E-state index in [4.69, 9.17) is 9.47 Å². The van der Waals surface area contributed by atoms with Gasteiger partial charge in [-0.1, -0.05) is 0 Å². The molecule has 0 atom stereocenters. The fourth-order valence-electron chi connectivity index (χ4n) is 1.68. The Bertz CT molecular complexity index is 614. The summed E-state index contributed by atoms with van der Waals surface area (Å²) < 4.78 is 10.4. The van der Waals surface area contributed by atoms with Crippen molar-refractivity contribution in [3.8, 4) is 5.88 Å². The van der Waals surface area contributed by atoms with Crippen molar-refractivity contribution in [1.29, 1.82) is 0 Å². The predicted molar refractivity (Wildman–Crippen MR) is 73.5 cm³/mol. The van der Waals surface area contributed by atoms with Gasteiger partial charge in [-0.2, -0.15) is 0 Å². The van der Waals surface area contributed by atoms with Crippen molar-refractivity contribution >= 4 is 16.9 Å². The lowest BCUT2D eigenvalue weighted by Crippen LogP contribution is -2.23. The minimum Gasteiger partial charge on any atom is -0.481 e. The summed E-state index contributed by atoms with van der Waals surface area (Å²) in [6.07, 6.45) is 0. The highest BCUT2D eigenvalue weighted by atomic mass is 16.6. The lowest BCUT2D eigenvalue weighted by atomic mass is 10.1. The molecule has 0 radical (unpaired) electrons. The van der Waals surface area contributed by atoms with E-state index < -0.39 is 5.60 Å². The van der Waals surface area contributed by atoms with Crippen LogP contribution in [-0.2, 0) is 4.74 Å². The van der Waals surface area contributed by atoms with Crippen molar-refractivity contribution < 1.29 is 14.3 Å². The molecular formula is C15H17NO3. The molecule has 0 fully saturated rings. The molecule has 100 valence electrons. The van der Waals surface area contributed by atoms with E-state index in [0.29, 0.717) is 11.4 Å². The van der Waals surface area contributed by atoms with Gasteiger partial charge < -0.3 is 9.47 Å². The van der Waals surface area contributed by atoms with Gasteiger partial charge in [0, 0.05) is 11.5 Å². The van der Waals surface area contributed by atoms with E-state index >= 15 is 0 Å². The van der Waals surface area contributed by atoms with Crippen molar-refractivity contribution in [2.45, 2.75) is 26.4 Å². The van der Waals surface area contributed by atoms with E-state index in [1.165, 1.54) is 0 Å². The van der Waals surface area contributed by atoms with Crippen LogP contribution >= 0.6 is 0 Å². The third-order valence-electron chi connectivity index (χ3n) is 2.51. The van der Waals surface area contributed by atoms with Gasteiger partial charge in [0.25, 0.3) is 0 Å². The Kier molecular flexibility index (Phi) is 3.42. The van der Waals surface area contributed by atoms with Gasteiger partial charge in [0.05, 0.1) is 18.2 Å². The quantitative estimate of drug-likeness (QED) is 0.777. The first kappa shape index (κ1) is 13.3. The van der Waals surface area contributed by atoms with Crippen molar-refractivity contribution in [3.63, 3.8) is 0 Å². The number of carbonyl (C=O) groups is 1. The van der Waals surface area contributed by atoms with Crippen LogP contribution in [-0.4, -0.2) is 23.7 Å². The molecule has 1 aromatic carbocycles. The molecule has 0 bridgehead atoms. The third kappa shape index (κ3) is 3.22. The summed E-state index contributed by atoms with van der Waals surface area (Å²) in [5.74, 6) is 0.225. The number of esters is 1. The number of ether oxygens (including phenoxy) is 2. The highest BCUT2D eigenvalue weighted by molar-refractivity contribution is 5.94. The van der Waals surface area contributed by atoms with Crippen LogP contribution in [0.5, 0.6) is 5.88 Å². The molecule has 19 heavy (non-hydrogen) atoms. The van der Waals surface area contributed by atoms with E-state index in [2.05, 4.69) is 4.98 Å². The van der Waals surface area contributed by atoms with Crippen molar-refractivity contribution in [1.82, 2.24) is 4.98 Å². The number of hydrogen-bond acceptors (Lipinski definition) is 4. The van der Waals surface area contributed by atoms with E-state index in [1.807, 2.05) is 26.8 Å². The van der Waals surface area contributed by atoms with Gasteiger partial charge >= 0.3 is 5.97 Å². The zero-order valence-electron chi connectivity index (χ0n) is 11.6. The number of pyridine rings is 1. The van der Waals surface area contributed by atoms with Crippen LogP contribution < -0.4 is 4.74 Å². The largest absolute Gasteiger partial charge is 0.481 e. The molecule has 0 aliphatic rings.